The second-order valence-electron chi connectivity index (χ2n) is 10.5. The molecular formula is C37H26BrClF3N3O3S. The Labute approximate surface area is 297 Å². The molecule has 0 fully saturated rings. The summed E-state index contributed by atoms with van der Waals surface area (Å²) >= 11 is 10.7. The predicted octanol–water partition coefficient (Wildman–Crippen LogP) is 10.0. The van der Waals surface area contributed by atoms with Gasteiger partial charge in [0.25, 0.3) is 11.8 Å². The van der Waals surface area contributed by atoms with Crippen LogP contribution >= 0.6 is 39.3 Å². The highest BCUT2D eigenvalue weighted by molar-refractivity contribution is 9.10. The molecule has 0 radical (unpaired) electrons. The first kappa shape index (κ1) is 35.5. The maximum atomic E-state index is 13.6. The monoisotopic (exact) mass is 763 g/mol. The molecule has 1 unspecified atom stereocenters. The van der Waals surface area contributed by atoms with E-state index in [1.54, 1.807) is 115 Å². The molecule has 0 aliphatic rings. The Morgan fingerprint density at radius 1 is 0.776 bits per heavy atom. The lowest BCUT2D eigenvalue weighted by Gasteiger charge is -2.19. The first-order valence-corrected chi connectivity index (χ1v) is 16.7. The molecule has 0 aliphatic carbocycles. The molecule has 12 heteroatoms. The highest BCUT2D eigenvalue weighted by Crippen LogP contribution is 2.39. The normalized spacial score (nSPS) is 12.1. The summed E-state index contributed by atoms with van der Waals surface area (Å²) in [6.45, 7) is 0. The fourth-order valence-corrected chi connectivity index (χ4v) is 6.06. The Morgan fingerprint density at radius 3 is 2.12 bits per heavy atom. The van der Waals surface area contributed by atoms with Gasteiger partial charge in [-0.15, -0.1) is 11.8 Å². The minimum absolute atomic E-state index is 0.00580. The Kier molecular flexibility index (Phi) is 11.6. The summed E-state index contributed by atoms with van der Waals surface area (Å²) in [5.41, 5.74) is 0.869. The van der Waals surface area contributed by atoms with Gasteiger partial charge in [-0.05, 0) is 77.9 Å². The Bertz CT molecular complexity index is 1990. The molecule has 5 aromatic rings. The minimum atomic E-state index is -4.62. The summed E-state index contributed by atoms with van der Waals surface area (Å²) in [4.78, 5) is 40.8. The quantitative estimate of drug-likeness (QED) is 0.0977. The van der Waals surface area contributed by atoms with Gasteiger partial charge < -0.3 is 16.0 Å². The lowest BCUT2D eigenvalue weighted by Crippen LogP contribution is -2.30. The summed E-state index contributed by atoms with van der Waals surface area (Å²) < 4.78 is 41.0. The van der Waals surface area contributed by atoms with Gasteiger partial charge in [0.2, 0.25) is 5.91 Å². The van der Waals surface area contributed by atoms with E-state index in [2.05, 4.69) is 31.9 Å². The molecule has 0 aliphatic heterocycles. The van der Waals surface area contributed by atoms with Crippen LogP contribution < -0.4 is 16.0 Å². The number of anilines is 2. The molecule has 248 valence electrons. The van der Waals surface area contributed by atoms with Gasteiger partial charge in [-0.2, -0.15) is 13.2 Å². The first-order valence-electron chi connectivity index (χ1n) is 14.6. The third-order valence-corrected chi connectivity index (χ3v) is 9.05. The van der Waals surface area contributed by atoms with E-state index in [0.717, 1.165) is 34.4 Å². The standard InChI is InChI=1S/C37H26BrClF3N3O3S/c38-27-17-14-23(15-18-27)20-32(45-34(46)25-10-5-2-6-11-25)35(47)43-28-12-7-13-29(22-28)49-33(24-8-3-1-4-9-24)36(48)44-31-21-26(37(40,41)42)16-19-30(31)39/h1-22,33H,(H,43,47)(H,44,48)(H,45,46)/b32-20-. The topological polar surface area (TPSA) is 87.3 Å². The molecule has 49 heavy (non-hydrogen) atoms. The van der Waals surface area contributed by atoms with Crippen LogP contribution in [0.15, 0.2) is 142 Å². The Morgan fingerprint density at radius 2 is 1.45 bits per heavy atom. The number of hydrogen-bond acceptors (Lipinski definition) is 4. The van der Waals surface area contributed by atoms with Crippen LogP contribution in [-0.4, -0.2) is 17.7 Å². The lowest BCUT2D eigenvalue weighted by atomic mass is 10.1. The molecule has 0 heterocycles. The fraction of sp³-hybridized carbons (Fsp3) is 0.0541. The van der Waals surface area contributed by atoms with Crippen molar-refractivity contribution in [1.82, 2.24) is 5.32 Å². The Balaban J connectivity index is 1.39. The summed E-state index contributed by atoms with van der Waals surface area (Å²) in [5, 5.41) is 7.11. The molecule has 0 bridgehead atoms. The van der Waals surface area contributed by atoms with Crippen LogP contribution in [0.2, 0.25) is 5.02 Å². The van der Waals surface area contributed by atoms with E-state index in [1.807, 2.05) is 0 Å². The van der Waals surface area contributed by atoms with Crippen molar-refractivity contribution < 1.29 is 27.6 Å². The van der Waals surface area contributed by atoms with Gasteiger partial charge >= 0.3 is 6.18 Å². The van der Waals surface area contributed by atoms with Crippen molar-refractivity contribution in [3.63, 3.8) is 0 Å². The molecule has 1 atom stereocenters. The van der Waals surface area contributed by atoms with Crippen LogP contribution in [0.3, 0.4) is 0 Å². The minimum Gasteiger partial charge on any atom is -0.323 e. The van der Waals surface area contributed by atoms with Crippen molar-refractivity contribution >= 4 is 74.5 Å². The SMILES string of the molecule is O=C(Nc1cccc(SC(C(=O)Nc2cc(C(F)(F)F)ccc2Cl)c2ccccc2)c1)/C(=C/c1ccc(Br)cc1)NC(=O)c1ccccc1. The molecule has 3 N–H and O–H groups in total. The van der Waals surface area contributed by atoms with E-state index < -0.39 is 34.7 Å². The number of amides is 3. The number of carbonyl (C=O) groups excluding carboxylic acids is 3. The van der Waals surface area contributed by atoms with Crippen LogP contribution in [0.5, 0.6) is 0 Å². The van der Waals surface area contributed by atoms with Crippen LogP contribution in [0.1, 0.15) is 32.3 Å². The van der Waals surface area contributed by atoms with E-state index in [4.69, 9.17) is 11.6 Å². The lowest BCUT2D eigenvalue weighted by molar-refractivity contribution is -0.137. The van der Waals surface area contributed by atoms with Crippen LogP contribution in [0.25, 0.3) is 6.08 Å². The summed E-state index contributed by atoms with van der Waals surface area (Å²) in [7, 11) is 0. The highest BCUT2D eigenvalue weighted by Gasteiger charge is 2.32. The molecule has 6 nitrogen and oxygen atoms in total. The Hall–Kier alpha value is -4.84. The van der Waals surface area contributed by atoms with Crippen molar-refractivity contribution in [2.75, 3.05) is 10.6 Å². The van der Waals surface area contributed by atoms with Crippen molar-refractivity contribution in [3.8, 4) is 0 Å². The van der Waals surface area contributed by atoms with Gasteiger partial charge in [0.1, 0.15) is 10.9 Å². The number of alkyl halides is 3. The number of thioether (sulfide) groups is 1. The number of nitrogens with one attached hydrogen (secondary N) is 3. The largest absolute Gasteiger partial charge is 0.416 e. The molecule has 3 amide bonds. The number of benzene rings is 5. The van der Waals surface area contributed by atoms with Crippen molar-refractivity contribution in [1.29, 1.82) is 0 Å². The second kappa shape index (κ2) is 16.0. The molecular weight excluding hydrogens is 739 g/mol. The van der Waals surface area contributed by atoms with Gasteiger partial charge in [0.05, 0.1) is 16.3 Å². The predicted molar refractivity (Wildman–Crippen MR) is 191 cm³/mol. The molecule has 0 saturated heterocycles. The van der Waals surface area contributed by atoms with Crippen molar-refractivity contribution in [2.24, 2.45) is 0 Å². The first-order chi connectivity index (χ1) is 23.5. The zero-order chi connectivity index (χ0) is 35.0. The van der Waals surface area contributed by atoms with Crippen molar-refractivity contribution in [2.45, 2.75) is 16.3 Å². The van der Waals surface area contributed by atoms with Crippen LogP contribution in [0.4, 0.5) is 24.5 Å². The third kappa shape index (κ3) is 9.85. The van der Waals surface area contributed by atoms with Gasteiger partial charge in [0.15, 0.2) is 0 Å². The number of carbonyl (C=O) groups is 3. The van der Waals surface area contributed by atoms with Gasteiger partial charge in [-0.1, -0.05) is 94.3 Å². The smallest absolute Gasteiger partial charge is 0.323 e. The molecule has 5 aromatic carbocycles. The van der Waals surface area contributed by atoms with Gasteiger partial charge in [0, 0.05) is 20.6 Å². The summed E-state index contributed by atoms with van der Waals surface area (Å²) in [6.07, 6.45) is -3.07. The molecule has 0 aromatic heterocycles. The maximum Gasteiger partial charge on any atom is 0.416 e. The zero-order valence-corrected chi connectivity index (χ0v) is 28.5. The number of halogens is 5. The van der Waals surface area contributed by atoms with E-state index in [9.17, 15) is 27.6 Å². The van der Waals surface area contributed by atoms with E-state index >= 15 is 0 Å². The fourth-order valence-electron chi connectivity index (χ4n) is 4.55. The third-order valence-electron chi connectivity index (χ3n) is 6.95. The van der Waals surface area contributed by atoms with E-state index in [-0.39, 0.29) is 16.4 Å². The zero-order valence-electron chi connectivity index (χ0n) is 25.3. The van der Waals surface area contributed by atoms with Crippen LogP contribution in [-0.2, 0) is 15.8 Å². The van der Waals surface area contributed by atoms with Crippen molar-refractivity contribution in [3.05, 3.63) is 165 Å². The maximum absolute atomic E-state index is 13.6. The highest BCUT2D eigenvalue weighted by atomic mass is 79.9. The average Bonchev–Trinajstić information content (AvgIpc) is 3.09. The summed E-state index contributed by atoms with van der Waals surface area (Å²) in [5.74, 6) is -1.66. The summed E-state index contributed by atoms with van der Waals surface area (Å²) in [6, 6.07) is 33.8. The van der Waals surface area contributed by atoms with E-state index in [0.29, 0.717) is 27.3 Å². The second-order valence-corrected chi connectivity index (χ2v) is 13.0. The van der Waals surface area contributed by atoms with E-state index in [1.165, 1.54) is 0 Å². The molecule has 0 spiro atoms. The van der Waals surface area contributed by atoms with Gasteiger partial charge in [-0.3, -0.25) is 14.4 Å². The molecule has 0 saturated carbocycles. The number of rotatable bonds is 10. The number of hydrogen-bond donors (Lipinski definition) is 3. The molecule has 5 rings (SSSR count). The van der Waals surface area contributed by atoms with Gasteiger partial charge in [-0.25, -0.2) is 0 Å². The average molecular weight is 765 g/mol. The van der Waals surface area contributed by atoms with Crippen LogP contribution in [0, 0.1) is 0 Å².